The molecule has 0 unspecified atom stereocenters. The summed E-state index contributed by atoms with van der Waals surface area (Å²) in [6.45, 7) is 1.65. The third-order valence-corrected chi connectivity index (χ3v) is 2.88. The topological polar surface area (TPSA) is 52.3 Å². The fraction of sp³-hybridized carbons (Fsp3) is 0.133. The van der Waals surface area contributed by atoms with Crippen molar-refractivity contribution in [2.75, 3.05) is 5.73 Å². The number of nitrogens with two attached hydrogens (primary N) is 1. The molecule has 0 amide bonds. The quantitative estimate of drug-likeness (QED) is 0.692. The van der Waals surface area contributed by atoms with Crippen LogP contribution in [0.5, 0.6) is 0 Å². The molecule has 2 aromatic carbocycles. The maximum Gasteiger partial charge on any atom is 0.341 e. The van der Waals surface area contributed by atoms with Crippen LogP contribution in [0.4, 0.5) is 14.5 Å². The van der Waals surface area contributed by atoms with E-state index in [1.165, 1.54) is 24.3 Å². The molecule has 20 heavy (non-hydrogen) atoms. The fourth-order valence-electron chi connectivity index (χ4n) is 1.71. The van der Waals surface area contributed by atoms with Gasteiger partial charge >= 0.3 is 5.97 Å². The first kappa shape index (κ1) is 14.0. The number of carbonyl (C=O) groups excluding carboxylic acids is 1. The standard InChI is InChI=1S/C15H13F2NO2/c1-9-2-3-11(16)6-10(9)8-20-15(19)13-5-4-12(18)7-14(13)17/h2-7H,8,18H2,1H3. The van der Waals surface area contributed by atoms with E-state index in [0.29, 0.717) is 5.56 Å². The minimum absolute atomic E-state index is 0.119. The number of hydrogen-bond acceptors (Lipinski definition) is 3. The highest BCUT2D eigenvalue weighted by Crippen LogP contribution is 2.16. The second-order valence-corrected chi connectivity index (χ2v) is 4.39. The Balaban J connectivity index is 2.10. The molecule has 0 saturated heterocycles. The molecule has 2 N–H and O–H groups in total. The van der Waals surface area contributed by atoms with E-state index in [1.807, 2.05) is 0 Å². The maximum absolute atomic E-state index is 13.5. The van der Waals surface area contributed by atoms with E-state index in [9.17, 15) is 13.6 Å². The largest absolute Gasteiger partial charge is 0.457 e. The number of rotatable bonds is 3. The Morgan fingerprint density at radius 1 is 1.20 bits per heavy atom. The van der Waals surface area contributed by atoms with Gasteiger partial charge in [-0.2, -0.15) is 0 Å². The highest BCUT2D eigenvalue weighted by Gasteiger charge is 2.14. The van der Waals surface area contributed by atoms with Crippen LogP contribution >= 0.6 is 0 Å². The summed E-state index contributed by atoms with van der Waals surface area (Å²) in [6.07, 6.45) is 0. The van der Waals surface area contributed by atoms with Crippen molar-refractivity contribution in [1.82, 2.24) is 0 Å². The first-order valence-corrected chi connectivity index (χ1v) is 5.94. The van der Waals surface area contributed by atoms with Crippen molar-refractivity contribution in [3.8, 4) is 0 Å². The van der Waals surface area contributed by atoms with Crippen LogP contribution in [0.25, 0.3) is 0 Å². The van der Waals surface area contributed by atoms with Crippen molar-refractivity contribution in [2.24, 2.45) is 0 Å². The number of aryl methyl sites for hydroxylation is 1. The lowest BCUT2D eigenvalue weighted by atomic mass is 10.1. The molecule has 0 fully saturated rings. The van der Waals surface area contributed by atoms with E-state index in [1.54, 1.807) is 13.0 Å². The molecule has 0 radical (unpaired) electrons. The smallest absolute Gasteiger partial charge is 0.341 e. The highest BCUT2D eigenvalue weighted by atomic mass is 19.1. The second kappa shape index (κ2) is 5.69. The van der Waals surface area contributed by atoms with Crippen molar-refractivity contribution in [1.29, 1.82) is 0 Å². The number of nitrogen functional groups attached to an aromatic ring is 1. The van der Waals surface area contributed by atoms with Crippen LogP contribution in [0.15, 0.2) is 36.4 Å². The molecule has 0 saturated carbocycles. The minimum Gasteiger partial charge on any atom is -0.457 e. The Hall–Kier alpha value is -2.43. The number of benzene rings is 2. The van der Waals surface area contributed by atoms with Gasteiger partial charge in [0.05, 0.1) is 5.56 Å². The van der Waals surface area contributed by atoms with Crippen LogP contribution in [0.2, 0.25) is 0 Å². The summed E-state index contributed by atoms with van der Waals surface area (Å²) in [4.78, 5) is 11.7. The van der Waals surface area contributed by atoms with Gasteiger partial charge in [0.25, 0.3) is 0 Å². The molecule has 0 bridgehead atoms. The average molecular weight is 277 g/mol. The van der Waals surface area contributed by atoms with E-state index in [4.69, 9.17) is 10.5 Å². The lowest BCUT2D eigenvalue weighted by molar-refractivity contribution is 0.0466. The maximum atomic E-state index is 13.5. The van der Waals surface area contributed by atoms with Gasteiger partial charge in [-0.05, 0) is 48.4 Å². The van der Waals surface area contributed by atoms with Crippen LogP contribution < -0.4 is 5.73 Å². The van der Waals surface area contributed by atoms with Gasteiger partial charge < -0.3 is 10.5 Å². The number of esters is 1. The molecular weight excluding hydrogens is 264 g/mol. The molecule has 0 aliphatic carbocycles. The third-order valence-electron chi connectivity index (χ3n) is 2.88. The Morgan fingerprint density at radius 2 is 1.95 bits per heavy atom. The lowest BCUT2D eigenvalue weighted by Crippen LogP contribution is -2.08. The van der Waals surface area contributed by atoms with Gasteiger partial charge in [-0.25, -0.2) is 13.6 Å². The van der Waals surface area contributed by atoms with Gasteiger partial charge in [-0.1, -0.05) is 6.07 Å². The van der Waals surface area contributed by atoms with E-state index in [0.717, 1.165) is 11.6 Å². The lowest BCUT2D eigenvalue weighted by Gasteiger charge is -2.08. The Bertz CT molecular complexity index is 656. The summed E-state index contributed by atoms with van der Waals surface area (Å²) in [6, 6.07) is 7.90. The predicted octanol–water partition coefficient (Wildman–Crippen LogP) is 3.21. The zero-order chi connectivity index (χ0) is 14.7. The van der Waals surface area contributed by atoms with Crippen LogP contribution in [-0.2, 0) is 11.3 Å². The summed E-state index contributed by atoms with van der Waals surface area (Å²) in [5.74, 6) is -1.97. The molecule has 5 heteroatoms. The average Bonchev–Trinajstić information content (AvgIpc) is 2.39. The normalized spacial score (nSPS) is 10.3. The molecule has 2 aromatic rings. The number of anilines is 1. The molecule has 0 atom stereocenters. The summed E-state index contributed by atoms with van der Waals surface area (Å²) >= 11 is 0. The van der Waals surface area contributed by atoms with E-state index in [-0.39, 0.29) is 17.9 Å². The third kappa shape index (κ3) is 3.12. The molecule has 104 valence electrons. The van der Waals surface area contributed by atoms with Crippen molar-refractivity contribution in [3.05, 3.63) is 64.7 Å². The van der Waals surface area contributed by atoms with Gasteiger partial charge in [0.1, 0.15) is 18.2 Å². The number of halogens is 2. The van der Waals surface area contributed by atoms with Crippen molar-refractivity contribution < 1.29 is 18.3 Å². The molecule has 0 heterocycles. The summed E-state index contributed by atoms with van der Waals surface area (Å²) in [5, 5.41) is 0. The van der Waals surface area contributed by atoms with E-state index in [2.05, 4.69) is 0 Å². The van der Waals surface area contributed by atoms with Gasteiger partial charge in [-0.15, -0.1) is 0 Å². The van der Waals surface area contributed by atoms with Gasteiger partial charge in [-0.3, -0.25) is 0 Å². The van der Waals surface area contributed by atoms with Crippen molar-refractivity contribution >= 4 is 11.7 Å². The zero-order valence-electron chi connectivity index (χ0n) is 10.8. The summed E-state index contributed by atoms with van der Waals surface area (Å²) < 4.78 is 31.6. The fourth-order valence-corrected chi connectivity index (χ4v) is 1.71. The minimum atomic E-state index is -0.814. The van der Waals surface area contributed by atoms with E-state index < -0.39 is 17.6 Å². The van der Waals surface area contributed by atoms with Crippen molar-refractivity contribution in [3.63, 3.8) is 0 Å². The number of hydrogen-bond donors (Lipinski definition) is 1. The van der Waals surface area contributed by atoms with E-state index >= 15 is 0 Å². The SMILES string of the molecule is Cc1ccc(F)cc1COC(=O)c1ccc(N)cc1F. The summed E-state index contributed by atoms with van der Waals surface area (Å²) in [7, 11) is 0. The zero-order valence-corrected chi connectivity index (χ0v) is 10.8. The Kier molecular flexibility index (Phi) is 3.98. The first-order chi connectivity index (χ1) is 9.47. The van der Waals surface area contributed by atoms with Crippen LogP contribution in [-0.4, -0.2) is 5.97 Å². The molecule has 0 spiro atoms. The van der Waals surface area contributed by atoms with Crippen LogP contribution in [0, 0.1) is 18.6 Å². The molecule has 0 aliphatic heterocycles. The molecule has 3 nitrogen and oxygen atoms in total. The van der Waals surface area contributed by atoms with Gasteiger partial charge in [0.2, 0.25) is 0 Å². The van der Waals surface area contributed by atoms with Crippen molar-refractivity contribution in [2.45, 2.75) is 13.5 Å². The monoisotopic (exact) mass is 277 g/mol. The Labute approximate surface area is 115 Å². The van der Waals surface area contributed by atoms with Crippen LogP contribution in [0.3, 0.4) is 0 Å². The number of carbonyl (C=O) groups is 1. The highest BCUT2D eigenvalue weighted by molar-refractivity contribution is 5.90. The first-order valence-electron chi connectivity index (χ1n) is 5.94. The van der Waals surface area contributed by atoms with Gasteiger partial charge in [0.15, 0.2) is 0 Å². The summed E-state index contributed by atoms with van der Waals surface area (Å²) in [5.41, 5.74) is 6.74. The van der Waals surface area contributed by atoms with Gasteiger partial charge in [0, 0.05) is 5.69 Å². The number of ether oxygens (including phenoxy) is 1. The molecule has 0 aliphatic rings. The molecule has 0 aromatic heterocycles. The molecule has 2 rings (SSSR count). The molecular formula is C15H13F2NO2. The second-order valence-electron chi connectivity index (χ2n) is 4.39. The van der Waals surface area contributed by atoms with Crippen LogP contribution in [0.1, 0.15) is 21.5 Å². The Morgan fingerprint density at radius 3 is 2.65 bits per heavy atom. The predicted molar refractivity (Wildman–Crippen MR) is 71.1 cm³/mol.